The highest BCUT2D eigenvalue weighted by Gasteiger charge is 2.22. The van der Waals surface area contributed by atoms with Crippen LogP contribution in [-0.4, -0.2) is 20.7 Å². The van der Waals surface area contributed by atoms with E-state index in [9.17, 15) is 14.9 Å². The molecule has 0 aliphatic rings. The van der Waals surface area contributed by atoms with Crippen molar-refractivity contribution in [2.24, 2.45) is 0 Å². The quantitative estimate of drug-likeness (QED) is 0.339. The number of aromatic nitrogens is 2. The van der Waals surface area contributed by atoms with Crippen molar-refractivity contribution in [3.05, 3.63) is 93.8 Å². The molecule has 0 saturated carbocycles. The van der Waals surface area contributed by atoms with E-state index >= 15 is 0 Å². The van der Waals surface area contributed by atoms with Gasteiger partial charge >= 0.3 is 0 Å². The third kappa shape index (κ3) is 4.38. The minimum absolute atomic E-state index is 0.178. The molecule has 1 unspecified atom stereocenters. The van der Waals surface area contributed by atoms with Crippen molar-refractivity contribution >= 4 is 34.3 Å². The van der Waals surface area contributed by atoms with Gasteiger partial charge in [-0.05, 0) is 56.2 Å². The van der Waals surface area contributed by atoms with Gasteiger partial charge in [0.05, 0.1) is 33.1 Å². The van der Waals surface area contributed by atoms with Crippen molar-refractivity contribution in [1.29, 1.82) is 5.26 Å². The minimum atomic E-state index is -0.569. The number of anilines is 1. The van der Waals surface area contributed by atoms with Crippen molar-refractivity contribution in [1.82, 2.24) is 9.55 Å². The topological polar surface area (TPSA) is 87.8 Å². The standard InChI is InChI=1S/C26H22N4O2S/c1-16-9-8-10-17(2)23(16)30-25(32)20-12-5-7-14-22(20)29-26(30)33-18(3)24(31)28-21-13-6-4-11-19(21)15-27/h4-14,18H,1-3H3,(H,28,31). The molecule has 1 N–H and O–H groups in total. The van der Waals surface area contributed by atoms with Gasteiger partial charge in [-0.2, -0.15) is 5.26 Å². The lowest BCUT2D eigenvalue weighted by atomic mass is 10.1. The Balaban J connectivity index is 1.78. The molecule has 0 radical (unpaired) electrons. The maximum atomic E-state index is 13.6. The Morgan fingerprint density at radius 1 is 1.03 bits per heavy atom. The highest BCUT2D eigenvalue weighted by atomic mass is 32.2. The fourth-order valence-corrected chi connectivity index (χ4v) is 4.60. The van der Waals surface area contributed by atoms with Gasteiger partial charge in [-0.15, -0.1) is 0 Å². The summed E-state index contributed by atoms with van der Waals surface area (Å²) in [6.07, 6.45) is 0. The summed E-state index contributed by atoms with van der Waals surface area (Å²) in [5, 5.41) is 12.5. The summed E-state index contributed by atoms with van der Waals surface area (Å²) in [4.78, 5) is 31.3. The lowest BCUT2D eigenvalue weighted by Crippen LogP contribution is -2.27. The number of nitriles is 1. The second-order valence-electron chi connectivity index (χ2n) is 7.70. The summed E-state index contributed by atoms with van der Waals surface area (Å²) in [6.45, 7) is 5.66. The van der Waals surface area contributed by atoms with E-state index in [1.165, 1.54) is 11.8 Å². The molecular formula is C26H22N4O2S. The number of benzene rings is 3. The first-order valence-electron chi connectivity index (χ1n) is 10.5. The lowest BCUT2D eigenvalue weighted by Gasteiger charge is -2.19. The van der Waals surface area contributed by atoms with Crippen molar-refractivity contribution in [2.75, 3.05) is 5.32 Å². The Kier molecular flexibility index (Phi) is 6.29. The average Bonchev–Trinajstić information content (AvgIpc) is 2.81. The van der Waals surface area contributed by atoms with Crippen LogP contribution in [0, 0.1) is 25.2 Å². The van der Waals surface area contributed by atoms with Crippen molar-refractivity contribution in [3.8, 4) is 11.8 Å². The molecule has 1 aromatic heterocycles. The second kappa shape index (κ2) is 9.31. The van der Waals surface area contributed by atoms with Gasteiger partial charge in [0, 0.05) is 0 Å². The number of nitrogens with one attached hydrogen (secondary N) is 1. The smallest absolute Gasteiger partial charge is 0.266 e. The molecule has 33 heavy (non-hydrogen) atoms. The fourth-order valence-electron chi connectivity index (χ4n) is 3.68. The number of hydrogen-bond acceptors (Lipinski definition) is 5. The van der Waals surface area contributed by atoms with Gasteiger partial charge in [-0.3, -0.25) is 14.2 Å². The Bertz CT molecular complexity index is 1450. The number of nitrogens with zero attached hydrogens (tertiary/aromatic N) is 3. The third-order valence-electron chi connectivity index (χ3n) is 5.36. The number of thioether (sulfide) groups is 1. The van der Waals surface area contributed by atoms with Crippen molar-refractivity contribution in [2.45, 2.75) is 31.2 Å². The summed E-state index contributed by atoms with van der Waals surface area (Å²) in [6, 6.07) is 22.0. The first-order valence-corrected chi connectivity index (χ1v) is 11.3. The number of aryl methyl sites for hydroxylation is 2. The van der Waals surface area contributed by atoms with Gasteiger partial charge in [-0.1, -0.05) is 54.2 Å². The molecule has 1 atom stereocenters. The van der Waals surface area contributed by atoms with E-state index in [1.807, 2.05) is 44.2 Å². The summed E-state index contributed by atoms with van der Waals surface area (Å²) in [5.41, 5.74) is 3.89. The molecule has 0 bridgehead atoms. The lowest BCUT2D eigenvalue weighted by molar-refractivity contribution is -0.115. The molecule has 6 nitrogen and oxygen atoms in total. The molecule has 0 saturated heterocycles. The summed E-state index contributed by atoms with van der Waals surface area (Å²) in [5.74, 6) is -0.279. The van der Waals surface area contributed by atoms with E-state index in [0.717, 1.165) is 16.8 Å². The molecule has 4 rings (SSSR count). The predicted molar refractivity (Wildman–Crippen MR) is 132 cm³/mol. The van der Waals surface area contributed by atoms with Crippen LogP contribution >= 0.6 is 11.8 Å². The molecular weight excluding hydrogens is 432 g/mol. The Hall–Kier alpha value is -3.89. The van der Waals surface area contributed by atoms with Crippen LogP contribution in [0.15, 0.2) is 76.7 Å². The predicted octanol–water partition coefficient (Wildman–Crippen LogP) is 4.99. The molecule has 164 valence electrons. The molecule has 1 amide bonds. The zero-order chi connectivity index (χ0) is 23.5. The van der Waals surface area contributed by atoms with Crippen LogP contribution in [0.3, 0.4) is 0 Å². The molecule has 0 fully saturated rings. The van der Waals surface area contributed by atoms with E-state index in [1.54, 1.807) is 47.9 Å². The molecule has 0 aliphatic heterocycles. The number of hydrogen-bond donors (Lipinski definition) is 1. The Morgan fingerprint density at radius 3 is 2.42 bits per heavy atom. The van der Waals surface area contributed by atoms with E-state index in [4.69, 9.17) is 4.98 Å². The number of fused-ring (bicyclic) bond motifs is 1. The highest BCUT2D eigenvalue weighted by molar-refractivity contribution is 8.00. The third-order valence-corrected chi connectivity index (χ3v) is 6.42. The van der Waals surface area contributed by atoms with Crippen LogP contribution < -0.4 is 10.9 Å². The first kappa shape index (κ1) is 22.3. The van der Waals surface area contributed by atoms with E-state index in [-0.39, 0.29) is 11.5 Å². The van der Waals surface area contributed by atoms with E-state index < -0.39 is 5.25 Å². The largest absolute Gasteiger partial charge is 0.324 e. The number of para-hydroxylation sites is 3. The Morgan fingerprint density at radius 2 is 1.70 bits per heavy atom. The fraction of sp³-hybridized carbons (Fsp3) is 0.154. The van der Waals surface area contributed by atoms with Crippen LogP contribution in [0.2, 0.25) is 0 Å². The van der Waals surface area contributed by atoms with Gasteiger partial charge < -0.3 is 5.32 Å². The molecule has 7 heteroatoms. The number of amides is 1. The average molecular weight is 455 g/mol. The van der Waals surface area contributed by atoms with Gasteiger partial charge in [0.2, 0.25) is 5.91 Å². The molecule has 3 aromatic carbocycles. The van der Waals surface area contributed by atoms with Gasteiger partial charge in [0.25, 0.3) is 5.56 Å². The van der Waals surface area contributed by atoms with Crippen LogP contribution in [-0.2, 0) is 4.79 Å². The van der Waals surface area contributed by atoms with Crippen molar-refractivity contribution < 1.29 is 4.79 Å². The molecule has 0 spiro atoms. The molecule has 0 aliphatic carbocycles. The monoisotopic (exact) mass is 454 g/mol. The van der Waals surface area contributed by atoms with Crippen LogP contribution in [0.25, 0.3) is 16.6 Å². The van der Waals surface area contributed by atoms with E-state index in [0.29, 0.717) is 27.3 Å². The maximum Gasteiger partial charge on any atom is 0.266 e. The highest BCUT2D eigenvalue weighted by Crippen LogP contribution is 2.28. The summed E-state index contributed by atoms with van der Waals surface area (Å²) in [7, 11) is 0. The molecule has 1 heterocycles. The normalized spacial score (nSPS) is 11.7. The van der Waals surface area contributed by atoms with Gasteiger partial charge in [0.15, 0.2) is 5.16 Å². The van der Waals surface area contributed by atoms with E-state index in [2.05, 4.69) is 11.4 Å². The molecule has 4 aromatic rings. The van der Waals surface area contributed by atoms with Crippen LogP contribution in [0.4, 0.5) is 5.69 Å². The zero-order valence-electron chi connectivity index (χ0n) is 18.5. The second-order valence-corrected chi connectivity index (χ2v) is 9.01. The van der Waals surface area contributed by atoms with Crippen LogP contribution in [0.5, 0.6) is 0 Å². The SMILES string of the molecule is Cc1cccc(C)c1-n1c(SC(C)C(=O)Nc2ccccc2C#N)nc2ccccc2c1=O. The first-order chi connectivity index (χ1) is 15.9. The van der Waals surface area contributed by atoms with Crippen LogP contribution in [0.1, 0.15) is 23.6 Å². The zero-order valence-corrected chi connectivity index (χ0v) is 19.3. The maximum absolute atomic E-state index is 13.6. The number of rotatable bonds is 5. The number of carbonyl (C=O) groups is 1. The summed E-state index contributed by atoms with van der Waals surface area (Å²) < 4.78 is 1.60. The van der Waals surface area contributed by atoms with Gasteiger partial charge in [-0.25, -0.2) is 4.98 Å². The minimum Gasteiger partial charge on any atom is -0.324 e. The van der Waals surface area contributed by atoms with Crippen molar-refractivity contribution in [3.63, 3.8) is 0 Å². The number of carbonyl (C=O) groups excluding carboxylic acids is 1. The Labute approximate surface area is 195 Å². The summed E-state index contributed by atoms with van der Waals surface area (Å²) >= 11 is 1.21. The van der Waals surface area contributed by atoms with Gasteiger partial charge in [0.1, 0.15) is 6.07 Å².